The highest BCUT2D eigenvalue weighted by molar-refractivity contribution is 7.89. The van der Waals surface area contributed by atoms with Gasteiger partial charge >= 0.3 is 6.18 Å². The third-order valence-electron chi connectivity index (χ3n) is 2.27. The van der Waals surface area contributed by atoms with Crippen molar-refractivity contribution in [1.82, 2.24) is 4.72 Å². The number of nitrogens with one attached hydrogen (secondary N) is 1. The molecule has 1 atom stereocenters. The maximum absolute atomic E-state index is 12.5. The van der Waals surface area contributed by atoms with Crippen molar-refractivity contribution in [2.45, 2.75) is 18.0 Å². The first kappa shape index (κ1) is 15.5. The molecule has 8 heteroatoms. The monoisotopic (exact) mass is 292 g/mol. The zero-order chi connectivity index (χ0) is 14.7. The zero-order valence-electron chi connectivity index (χ0n) is 9.90. The maximum atomic E-state index is 12.5. The molecule has 0 aromatic heterocycles. The molecule has 0 aliphatic carbocycles. The molecule has 0 amide bonds. The van der Waals surface area contributed by atoms with Crippen molar-refractivity contribution in [1.29, 1.82) is 5.26 Å². The Balaban J connectivity index is 3.00. The number of alkyl halides is 3. The molecule has 0 saturated heterocycles. The number of hydrogen-bond donors (Lipinski definition) is 1. The predicted octanol–water partition coefficient (Wildman–Crippen LogP) is 2.14. The highest BCUT2D eigenvalue weighted by Crippen LogP contribution is 2.30. The van der Waals surface area contributed by atoms with Crippen molar-refractivity contribution in [2.24, 2.45) is 5.92 Å². The number of benzene rings is 1. The lowest BCUT2D eigenvalue weighted by molar-refractivity contribution is -0.137. The fourth-order valence-electron chi connectivity index (χ4n) is 1.20. The van der Waals surface area contributed by atoms with Crippen LogP contribution in [0.2, 0.25) is 0 Å². The molecule has 104 valence electrons. The molecule has 1 aromatic carbocycles. The third-order valence-corrected chi connectivity index (χ3v) is 3.69. The summed E-state index contributed by atoms with van der Waals surface area (Å²) >= 11 is 0. The molecule has 0 aliphatic rings. The molecular weight excluding hydrogens is 281 g/mol. The second-order valence-corrected chi connectivity index (χ2v) is 5.67. The van der Waals surface area contributed by atoms with Crippen LogP contribution in [0, 0.1) is 17.2 Å². The third kappa shape index (κ3) is 4.22. The van der Waals surface area contributed by atoms with Gasteiger partial charge in [-0.25, -0.2) is 13.1 Å². The van der Waals surface area contributed by atoms with Crippen LogP contribution in [0.1, 0.15) is 12.5 Å². The Hall–Kier alpha value is -1.59. The maximum Gasteiger partial charge on any atom is 0.416 e. The predicted molar refractivity (Wildman–Crippen MR) is 61.4 cm³/mol. The van der Waals surface area contributed by atoms with Gasteiger partial charge in [-0.1, -0.05) is 6.07 Å². The molecule has 1 aromatic rings. The zero-order valence-corrected chi connectivity index (χ0v) is 10.7. The van der Waals surface area contributed by atoms with Crippen molar-refractivity contribution >= 4 is 10.0 Å². The van der Waals surface area contributed by atoms with E-state index in [0.29, 0.717) is 6.07 Å². The van der Waals surface area contributed by atoms with E-state index in [0.717, 1.165) is 18.2 Å². The average molecular weight is 292 g/mol. The lowest BCUT2D eigenvalue weighted by atomic mass is 10.2. The van der Waals surface area contributed by atoms with Gasteiger partial charge in [-0.3, -0.25) is 0 Å². The van der Waals surface area contributed by atoms with Gasteiger partial charge in [0.15, 0.2) is 0 Å². The summed E-state index contributed by atoms with van der Waals surface area (Å²) < 4.78 is 63.0. The van der Waals surface area contributed by atoms with E-state index in [4.69, 9.17) is 5.26 Å². The highest BCUT2D eigenvalue weighted by Gasteiger charge is 2.31. The minimum absolute atomic E-state index is 0.158. The van der Waals surface area contributed by atoms with Crippen molar-refractivity contribution in [3.63, 3.8) is 0 Å². The number of hydrogen-bond acceptors (Lipinski definition) is 3. The van der Waals surface area contributed by atoms with Crippen LogP contribution in [0.25, 0.3) is 0 Å². The first-order valence-corrected chi connectivity index (χ1v) is 6.71. The molecule has 1 N–H and O–H groups in total. The Morgan fingerprint density at radius 3 is 2.58 bits per heavy atom. The Bertz CT molecular complexity index is 591. The van der Waals surface area contributed by atoms with Gasteiger partial charge in [-0.15, -0.1) is 0 Å². The lowest BCUT2D eigenvalue weighted by Gasteiger charge is -2.10. The SMILES string of the molecule is CC(C#N)CNS(=O)(=O)c1cccc(C(F)(F)F)c1. The first-order chi connectivity index (χ1) is 8.66. The normalized spacial score (nSPS) is 13.8. The Morgan fingerprint density at radius 1 is 1.42 bits per heavy atom. The van der Waals surface area contributed by atoms with Crippen molar-refractivity contribution in [2.75, 3.05) is 6.54 Å². The fourth-order valence-corrected chi connectivity index (χ4v) is 2.38. The smallest absolute Gasteiger partial charge is 0.210 e. The molecule has 0 aliphatic heterocycles. The van der Waals surface area contributed by atoms with Crippen LogP contribution in [0.15, 0.2) is 29.2 Å². The quantitative estimate of drug-likeness (QED) is 0.924. The number of halogens is 3. The summed E-state index contributed by atoms with van der Waals surface area (Å²) in [6.45, 7) is 1.34. The van der Waals surface area contributed by atoms with Gasteiger partial charge in [0.05, 0.1) is 22.4 Å². The molecule has 0 radical (unpaired) electrons. The van der Waals surface area contributed by atoms with E-state index in [-0.39, 0.29) is 6.54 Å². The van der Waals surface area contributed by atoms with E-state index >= 15 is 0 Å². The Kier molecular flexibility index (Phi) is 4.55. The molecule has 0 spiro atoms. The van der Waals surface area contributed by atoms with Crippen LogP contribution in [0.3, 0.4) is 0 Å². The van der Waals surface area contributed by atoms with E-state index in [1.54, 1.807) is 0 Å². The molecule has 0 heterocycles. The summed E-state index contributed by atoms with van der Waals surface area (Å²) in [5.41, 5.74) is -1.04. The van der Waals surface area contributed by atoms with Crippen LogP contribution in [-0.2, 0) is 16.2 Å². The fraction of sp³-hybridized carbons (Fsp3) is 0.364. The number of sulfonamides is 1. The Labute approximate surface area is 108 Å². The summed E-state index contributed by atoms with van der Waals surface area (Å²) in [5.74, 6) is -0.569. The minimum Gasteiger partial charge on any atom is -0.210 e. The highest BCUT2D eigenvalue weighted by atomic mass is 32.2. The van der Waals surface area contributed by atoms with E-state index in [1.165, 1.54) is 6.92 Å². The van der Waals surface area contributed by atoms with Gasteiger partial charge in [-0.2, -0.15) is 18.4 Å². The van der Waals surface area contributed by atoms with Crippen LogP contribution in [0.5, 0.6) is 0 Å². The van der Waals surface area contributed by atoms with Gasteiger partial charge in [0.1, 0.15) is 0 Å². The molecular formula is C11H11F3N2O2S. The van der Waals surface area contributed by atoms with Gasteiger partial charge < -0.3 is 0 Å². The van der Waals surface area contributed by atoms with Crippen LogP contribution in [-0.4, -0.2) is 15.0 Å². The van der Waals surface area contributed by atoms with Gasteiger partial charge in [0.2, 0.25) is 10.0 Å². The molecule has 4 nitrogen and oxygen atoms in total. The van der Waals surface area contributed by atoms with Crippen molar-refractivity contribution in [3.05, 3.63) is 29.8 Å². The second-order valence-electron chi connectivity index (χ2n) is 3.91. The number of rotatable bonds is 4. The second kappa shape index (κ2) is 5.59. The van der Waals surface area contributed by atoms with Gasteiger partial charge in [-0.05, 0) is 25.1 Å². The van der Waals surface area contributed by atoms with E-state index in [1.807, 2.05) is 6.07 Å². The number of nitriles is 1. The van der Waals surface area contributed by atoms with Crippen LogP contribution >= 0.6 is 0 Å². The summed E-state index contributed by atoms with van der Waals surface area (Å²) in [4.78, 5) is -0.479. The van der Waals surface area contributed by atoms with Crippen LogP contribution < -0.4 is 4.72 Å². The first-order valence-electron chi connectivity index (χ1n) is 5.23. The topological polar surface area (TPSA) is 70.0 Å². The molecule has 0 saturated carbocycles. The van der Waals surface area contributed by atoms with Crippen molar-refractivity contribution < 1.29 is 21.6 Å². The summed E-state index contributed by atoms with van der Waals surface area (Å²) in [6.07, 6.45) is -4.61. The largest absolute Gasteiger partial charge is 0.416 e. The number of nitrogens with zero attached hydrogens (tertiary/aromatic N) is 1. The van der Waals surface area contributed by atoms with Gasteiger partial charge in [0, 0.05) is 6.54 Å². The van der Waals surface area contributed by atoms with E-state index < -0.39 is 32.6 Å². The van der Waals surface area contributed by atoms with Crippen molar-refractivity contribution in [3.8, 4) is 6.07 Å². The molecule has 19 heavy (non-hydrogen) atoms. The van der Waals surface area contributed by atoms with E-state index in [2.05, 4.69) is 4.72 Å². The molecule has 0 fully saturated rings. The van der Waals surface area contributed by atoms with Gasteiger partial charge in [0.25, 0.3) is 0 Å². The average Bonchev–Trinajstić information content (AvgIpc) is 2.35. The molecule has 0 bridgehead atoms. The summed E-state index contributed by atoms with van der Waals surface area (Å²) in [7, 11) is -4.05. The summed E-state index contributed by atoms with van der Waals surface area (Å²) in [6, 6.07) is 5.24. The standard InChI is InChI=1S/C11H11F3N2O2S/c1-8(6-15)7-16-19(17,18)10-4-2-3-9(5-10)11(12,13)14/h2-5,8,16H,7H2,1H3. The lowest BCUT2D eigenvalue weighted by Crippen LogP contribution is -2.28. The minimum atomic E-state index is -4.61. The van der Waals surface area contributed by atoms with E-state index in [9.17, 15) is 21.6 Å². The molecule has 1 rings (SSSR count). The molecule has 1 unspecified atom stereocenters. The summed E-state index contributed by atoms with van der Waals surface area (Å²) in [5, 5.41) is 8.52. The van der Waals surface area contributed by atoms with Crippen LogP contribution in [0.4, 0.5) is 13.2 Å². The Morgan fingerprint density at radius 2 is 2.05 bits per heavy atom.